The Morgan fingerprint density at radius 2 is 0.926 bits per heavy atom. The Kier molecular flexibility index (Phi) is 18.3. The van der Waals surface area contributed by atoms with Gasteiger partial charge in [-0.1, -0.05) is 48.5 Å². The Balaban J connectivity index is 0.00000196. The quantitative estimate of drug-likeness (QED) is 0.0830. The molecule has 0 spiro atoms. The largest absolute Gasteiger partial charge is 1.00 e. The van der Waals surface area contributed by atoms with E-state index in [-0.39, 0.29) is 93.2 Å². The van der Waals surface area contributed by atoms with E-state index in [2.05, 4.69) is 6.07 Å². The van der Waals surface area contributed by atoms with Gasteiger partial charge in [-0.25, -0.2) is 16.8 Å². The molecule has 0 saturated carbocycles. The molecule has 1 atom stereocenters. The number of hydrogen-bond donors (Lipinski definition) is 2. The summed E-state index contributed by atoms with van der Waals surface area (Å²) in [7, 11) is -13.2. The molecule has 0 heterocycles. The molecule has 6 aromatic carbocycles. The fourth-order valence-electron chi connectivity index (χ4n) is 6.56. The van der Waals surface area contributed by atoms with Crippen molar-refractivity contribution in [1.29, 1.82) is 0 Å². The van der Waals surface area contributed by atoms with Gasteiger partial charge in [-0.05, 0) is 101 Å². The molecule has 6 rings (SSSR count). The van der Waals surface area contributed by atoms with E-state index in [1.54, 1.807) is 0 Å². The fourth-order valence-corrected chi connectivity index (χ4v) is 8.52. The van der Waals surface area contributed by atoms with Gasteiger partial charge >= 0.3 is 88.3 Å². The molecule has 0 radical (unpaired) electrons. The van der Waals surface area contributed by atoms with E-state index in [1.807, 2.05) is 0 Å². The van der Waals surface area contributed by atoms with Gasteiger partial charge in [0.25, 0.3) is 0 Å². The van der Waals surface area contributed by atoms with E-state index in [0.29, 0.717) is 42.5 Å². The maximum Gasteiger partial charge on any atom is 1.00 e. The van der Waals surface area contributed by atoms with Crippen molar-refractivity contribution < 1.29 is 152 Å². The molecule has 0 aliphatic carbocycles. The van der Waals surface area contributed by atoms with Crippen molar-refractivity contribution in [3.8, 4) is 34.5 Å². The first-order valence-electron chi connectivity index (χ1n) is 17.9. The topological polar surface area (TPSA) is 201 Å². The average Bonchev–Trinajstić information content (AvgIpc) is 3.21. The summed E-state index contributed by atoms with van der Waals surface area (Å²) in [6.07, 6.45) is -16.6. The van der Waals surface area contributed by atoms with Crippen LogP contribution in [0.5, 0.6) is 34.5 Å². The predicted octanol–water partition coefficient (Wildman–Crippen LogP) is 3.50. The Labute approximate surface area is 426 Å². The number of benzene rings is 6. The number of rotatable bonds is 11. The number of phenolic OH excluding ortho intramolecular Hbond substituents is 2. The summed E-state index contributed by atoms with van der Waals surface area (Å²) in [5, 5.41) is 19.0. The Morgan fingerprint density at radius 1 is 0.544 bits per heavy atom. The molecule has 0 aromatic heterocycles. The number of ether oxygens (including phenoxy) is 2. The molecule has 0 aliphatic rings. The first-order valence-corrected chi connectivity index (χ1v) is 21.8. The van der Waals surface area contributed by atoms with Crippen molar-refractivity contribution in [3.05, 3.63) is 162 Å². The molecule has 0 bridgehead atoms. The molecule has 1 unspecified atom stereocenters. The van der Waals surface area contributed by atoms with Crippen molar-refractivity contribution in [1.82, 2.24) is 0 Å². The number of phenols is 2. The summed E-state index contributed by atoms with van der Waals surface area (Å²) in [4.78, 5) is -2.41. The molecule has 0 amide bonds. The van der Waals surface area contributed by atoms with E-state index in [9.17, 15) is 71.1 Å². The van der Waals surface area contributed by atoms with Gasteiger partial charge in [0.05, 0.1) is 9.79 Å². The maximum absolute atomic E-state index is 14.4. The van der Waals surface area contributed by atoms with Gasteiger partial charge in [0, 0.05) is 5.75 Å². The average molecular weight is 1040 g/mol. The van der Waals surface area contributed by atoms with Gasteiger partial charge in [0.2, 0.25) is 5.41 Å². The van der Waals surface area contributed by atoms with Gasteiger partial charge in [0.15, 0.2) is 9.84 Å². The first-order chi connectivity index (χ1) is 30.4. The summed E-state index contributed by atoms with van der Waals surface area (Å²) in [5.74, 6) is -2.28. The van der Waals surface area contributed by atoms with E-state index in [1.165, 1.54) is 0 Å². The van der Waals surface area contributed by atoms with Crippen molar-refractivity contribution in [2.45, 2.75) is 51.0 Å². The molecule has 6 aromatic rings. The zero-order valence-electron chi connectivity index (χ0n) is 34.8. The summed E-state index contributed by atoms with van der Waals surface area (Å²) in [5.41, 5.74) is -10.0. The molecule has 0 saturated heterocycles. The molecule has 12 nitrogen and oxygen atoms in total. The summed E-state index contributed by atoms with van der Waals surface area (Å²) >= 11 is 0. The summed E-state index contributed by atoms with van der Waals surface area (Å²) in [6, 6.07) is 21.1. The zero-order valence-corrected chi connectivity index (χ0v) is 41.3. The molecule has 0 aliphatic heterocycles. The van der Waals surface area contributed by atoms with Crippen LogP contribution in [-0.2, 0) is 41.4 Å². The molecular weight excluding hydrogens is 1010 g/mol. The minimum Gasteiger partial charge on any atom is -0.744 e. The summed E-state index contributed by atoms with van der Waals surface area (Å²) in [6.45, 7) is 0.909. The van der Waals surface area contributed by atoms with Gasteiger partial charge < -0.3 is 24.2 Å². The van der Waals surface area contributed by atoms with Crippen molar-refractivity contribution >= 4 is 30.6 Å². The predicted molar refractivity (Wildman–Crippen MR) is 209 cm³/mol. The van der Waals surface area contributed by atoms with Gasteiger partial charge in [-0.15, -0.1) is 24.8 Å². The van der Waals surface area contributed by atoms with Crippen LogP contribution >= 0.6 is 0 Å². The van der Waals surface area contributed by atoms with Gasteiger partial charge in [-0.2, -0.15) is 51.6 Å². The standard InChI is InChI=1S/C42H28F9O9S2.2Na.O3S/c1-38(40(43,44)45,25-2-10-29(52)11-3-25)26-6-14-33(15-7-26)60-36-23-22-35(24-37(36)62(56,57)58)61(54,55)34-20-18-32(19-21-34)59-31-16-8-28(9-17-31)39(41(46,47)48,42(49,50)51)27-4-12-30(53)13-5-27;;;1-4(2)3/h2-18,20-24,52-53H,1H3,(H,56,57,58);;;/q-1;2*+1;/p-1. The molecule has 68 heavy (non-hydrogen) atoms. The molecular formula is C42H27F9Na2O12S3. The van der Waals surface area contributed by atoms with Gasteiger partial charge in [-0.3, -0.25) is 0 Å². The monoisotopic (exact) mass is 1040 g/mol. The SMILES string of the molecule is CC(c1ccc(O)cc1)(c1ccc(Oc2ccc(S(=O)(=O)c3c[c-]c(Oc4ccc(C(c5ccc(O)cc5)(C(F)(F)F)C(F)(F)F)cc4)cc3)cc2S(=O)(=O)[O-])cc1)C(F)(F)F.O=S(=O)=O.[Na+].[Na+]. The van der Waals surface area contributed by atoms with Crippen molar-refractivity contribution in [3.63, 3.8) is 0 Å². The number of hydrogen-bond acceptors (Lipinski definition) is 12. The van der Waals surface area contributed by atoms with Crippen LogP contribution in [-0.4, -0.2) is 62.8 Å². The number of alkyl halides is 9. The third-order valence-corrected chi connectivity index (χ3v) is 12.5. The minimum absolute atomic E-state index is 0. The number of aromatic hydroxyl groups is 2. The van der Waals surface area contributed by atoms with E-state index in [4.69, 9.17) is 22.1 Å². The third-order valence-electron chi connectivity index (χ3n) is 9.90. The molecule has 0 fully saturated rings. The van der Waals surface area contributed by atoms with Crippen LogP contribution < -0.4 is 68.6 Å². The Morgan fingerprint density at radius 3 is 1.31 bits per heavy atom. The Hall–Kier alpha value is -4.63. The Bertz CT molecular complexity index is 3030. The van der Waals surface area contributed by atoms with Crippen LogP contribution in [0.4, 0.5) is 39.5 Å². The second-order valence-electron chi connectivity index (χ2n) is 13.9. The second kappa shape index (κ2) is 21.6. The number of halogens is 9. The smallest absolute Gasteiger partial charge is 0.744 e. The second-order valence-corrected chi connectivity index (χ2v) is 17.6. The normalized spacial score (nSPS) is 13.0. The van der Waals surface area contributed by atoms with Crippen molar-refractivity contribution in [2.24, 2.45) is 0 Å². The van der Waals surface area contributed by atoms with Crippen LogP contribution in [0.2, 0.25) is 0 Å². The molecule has 26 heteroatoms. The first kappa shape index (κ1) is 57.7. The molecule has 350 valence electrons. The van der Waals surface area contributed by atoms with E-state index >= 15 is 0 Å². The van der Waals surface area contributed by atoms with Crippen LogP contribution in [0.25, 0.3) is 0 Å². The fraction of sp³-hybridized carbons (Fsp3) is 0.143. The van der Waals surface area contributed by atoms with Crippen molar-refractivity contribution in [2.75, 3.05) is 0 Å². The zero-order chi connectivity index (χ0) is 49.3. The third kappa shape index (κ3) is 12.2. The van der Waals surface area contributed by atoms with E-state index in [0.717, 1.165) is 97.9 Å². The molecule has 2 N–H and O–H groups in total. The number of sulfone groups is 1. The van der Waals surface area contributed by atoms with E-state index < -0.39 is 97.2 Å². The van der Waals surface area contributed by atoms with Crippen LogP contribution in [0.3, 0.4) is 0 Å². The van der Waals surface area contributed by atoms with Gasteiger partial charge in [0.1, 0.15) is 44.3 Å². The van der Waals surface area contributed by atoms with Crippen LogP contribution in [0, 0.1) is 6.07 Å². The van der Waals surface area contributed by atoms with Crippen LogP contribution in [0.1, 0.15) is 29.2 Å². The van der Waals surface area contributed by atoms with Crippen LogP contribution in [0.15, 0.2) is 148 Å². The summed E-state index contributed by atoms with van der Waals surface area (Å²) < 4.78 is 230. The minimum atomic E-state index is -5.90. The maximum atomic E-state index is 14.4.